The van der Waals surface area contributed by atoms with Gasteiger partial charge in [0.2, 0.25) is 0 Å². The topological polar surface area (TPSA) is 127 Å². The average Bonchev–Trinajstić information content (AvgIpc) is 3.05. The highest BCUT2D eigenvalue weighted by molar-refractivity contribution is 7.48. The van der Waals surface area contributed by atoms with Crippen LogP contribution >= 0.6 is 7.82 Å². The molecule has 0 fully saturated rings. The van der Waals surface area contributed by atoms with Gasteiger partial charge in [0.1, 0.15) is 34.5 Å². The summed E-state index contributed by atoms with van der Waals surface area (Å²) in [6, 6.07) is 23.3. The minimum Gasteiger partial charge on any atom is -0.496 e. The molecule has 0 aliphatic heterocycles. The molecule has 11 heteroatoms. The summed E-state index contributed by atoms with van der Waals surface area (Å²) in [5.41, 5.74) is 2.38. The lowest BCUT2D eigenvalue weighted by Gasteiger charge is -2.16. The quantitative estimate of drug-likeness (QED) is 0.103. The van der Waals surface area contributed by atoms with E-state index in [9.17, 15) is 19.0 Å². The fourth-order valence-corrected chi connectivity index (χ4v) is 5.58. The Labute approximate surface area is 262 Å². The van der Waals surface area contributed by atoms with Crippen molar-refractivity contribution in [2.24, 2.45) is 0 Å². The number of hydrogen-bond donors (Lipinski definition) is 1. The van der Waals surface area contributed by atoms with E-state index >= 15 is 0 Å². The van der Waals surface area contributed by atoms with Crippen LogP contribution in [-0.4, -0.2) is 44.9 Å². The molecule has 10 nitrogen and oxygen atoms in total. The van der Waals surface area contributed by atoms with Crippen molar-refractivity contribution in [3.63, 3.8) is 0 Å². The first-order valence-corrected chi connectivity index (χ1v) is 15.6. The molecule has 236 valence electrons. The smallest absolute Gasteiger partial charge is 0.496 e. The number of aryl methyl sites for hydroxylation is 2. The molecule has 0 atom stereocenters. The summed E-state index contributed by atoms with van der Waals surface area (Å²) in [7, 11) is 1.21. The lowest BCUT2D eigenvalue weighted by molar-refractivity contribution is 0.0971. The number of phosphoric ester groups is 1. The number of phosphoric acid groups is 1. The summed E-state index contributed by atoms with van der Waals surface area (Å²) in [6.45, 7) is 0. The van der Waals surface area contributed by atoms with Crippen LogP contribution in [0.25, 0.3) is 0 Å². The van der Waals surface area contributed by atoms with Gasteiger partial charge in [0, 0.05) is 25.0 Å². The maximum Gasteiger partial charge on any atom is 0.584 e. The van der Waals surface area contributed by atoms with Gasteiger partial charge in [0.25, 0.3) is 0 Å². The maximum atomic E-state index is 13.0. The van der Waals surface area contributed by atoms with E-state index < -0.39 is 7.82 Å². The van der Waals surface area contributed by atoms with E-state index in [1.165, 1.54) is 50.6 Å². The predicted octanol–water partition coefficient (Wildman–Crippen LogP) is 6.91. The molecule has 0 aliphatic carbocycles. The van der Waals surface area contributed by atoms with Crippen molar-refractivity contribution in [3.8, 4) is 34.5 Å². The molecule has 0 bridgehead atoms. The Morgan fingerprint density at radius 1 is 0.578 bits per heavy atom. The number of ether oxygens (including phenoxy) is 4. The maximum absolute atomic E-state index is 13.0. The van der Waals surface area contributed by atoms with Crippen LogP contribution in [0.2, 0.25) is 0 Å². The Balaban J connectivity index is 1.41. The van der Waals surface area contributed by atoms with Crippen molar-refractivity contribution in [1.29, 1.82) is 0 Å². The number of methoxy groups -OCH3 is 4. The Morgan fingerprint density at radius 2 is 0.956 bits per heavy atom. The largest absolute Gasteiger partial charge is 0.584 e. The fourth-order valence-electron chi connectivity index (χ4n) is 4.79. The number of hydrogen-bond acceptors (Lipinski definition) is 9. The molecule has 4 aromatic rings. The zero-order valence-corrected chi connectivity index (χ0v) is 26.4. The van der Waals surface area contributed by atoms with Gasteiger partial charge in [0.15, 0.2) is 11.6 Å². The van der Waals surface area contributed by atoms with Crippen LogP contribution in [0, 0.1) is 0 Å². The molecule has 45 heavy (non-hydrogen) atoms. The van der Waals surface area contributed by atoms with Gasteiger partial charge in [-0.3, -0.25) is 14.5 Å². The number of benzene rings is 4. The molecule has 0 aliphatic rings. The van der Waals surface area contributed by atoms with Crippen LogP contribution in [0.4, 0.5) is 0 Å². The summed E-state index contributed by atoms with van der Waals surface area (Å²) in [4.78, 5) is 36.5. The van der Waals surface area contributed by atoms with Crippen molar-refractivity contribution in [1.82, 2.24) is 0 Å². The Hall–Kier alpha value is -4.79. The van der Waals surface area contributed by atoms with Crippen LogP contribution in [0.5, 0.6) is 34.5 Å². The van der Waals surface area contributed by atoms with Gasteiger partial charge >= 0.3 is 7.82 Å². The molecule has 0 heterocycles. The van der Waals surface area contributed by atoms with Crippen LogP contribution in [-0.2, 0) is 17.4 Å². The van der Waals surface area contributed by atoms with Crippen LogP contribution < -0.4 is 28.0 Å². The second-order valence-corrected chi connectivity index (χ2v) is 11.1. The fraction of sp³-hybridized carbons (Fsp3) is 0.235. The van der Waals surface area contributed by atoms with Gasteiger partial charge in [-0.15, -0.1) is 0 Å². The lowest BCUT2D eigenvalue weighted by Crippen LogP contribution is -2.06. The third-order valence-corrected chi connectivity index (χ3v) is 7.90. The summed E-state index contributed by atoms with van der Waals surface area (Å²) in [5, 5.41) is 0. The van der Waals surface area contributed by atoms with E-state index in [2.05, 4.69) is 0 Å². The summed E-state index contributed by atoms with van der Waals surface area (Å²) < 4.78 is 44.9. The van der Waals surface area contributed by atoms with E-state index in [1.54, 1.807) is 14.2 Å². The minimum atomic E-state index is -4.71. The number of Topliss-reactive ketones (excluding diaryl/α,β-unsaturated/α-hetero) is 2. The van der Waals surface area contributed by atoms with Gasteiger partial charge in [-0.2, -0.15) is 0 Å². The van der Waals surface area contributed by atoms with Crippen LogP contribution in [0.3, 0.4) is 0 Å². The number of carbonyl (C=O) groups excluding carboxylic acids is 2. The standard InChI is InChI=1S/C34H35O10P/c1-39-31-11-7-5-9-23(31)13-19-29(35)27-17-15-25(21-33(27)41-3)43-45(37,38)44-26-16-18-28(34(22-26)42-4)30(36)20-14-24-10-6-8-12-32(24)40-2/h5-12,15-18,21-22H,13-14,19-20H2,1-4H3,(H,37,38). The van der Waals surface area contributed by atoms with Crippen LogP contribution in [0.1, 0.15) is 44.7 Å². The van der Waals surface area contributed by atoms with Crippen molar-refractivity contribution >= 4 is 19.4 Å². The zero-order valence-electron chi connectivity index (χ0n) is 25.5. The molecular weight excluding hydrogens is 599 g/mol. The second-order valence-electron chi connectivity index (χ2n) is 9.85. The van der Waals surface area contributed by atoms with Gasteiger partial charge < -0.3 is 28.0 Å². The highest BCUT2D eigenvalue weighted by Crippen LogP contribution is 2.46. The summed E-state index contributed by atoms with van der Waals surface area (Å²) >= 11 is 0. The highest BCUT2D eigenvalue weighted by atomic mass is 31.2. The zero-order chi connectivity index (χ0) is 32.4. The molecule has 0 amide bonds. The molecule has 0 saturated carbocycles. The molecule has 0 radical (unpaired) electrons. The van der Waals surface area contributed by atoms with Crippen molar-refractivity contribution in [3.05, 3.63) is 107 Å². The number of ketones is 2. The Morgan fingerprint density at radius 3 is 1.33 bits per heavy atom. The number of para-hydroxylation sites is 2. The molecule has 0 unspecified atom stereocenters. The van der Waals surface area contributed by atoms with E-state index in [0.29, 0.717) is 35.5 Å². The highest BCUT2D eigenvalue weighted by Gasteiger charge is 2.27. The first kappa shape index (κ1) is 33.1. The molecule has 4 aromatic carbocycles. The average molecular weight is 635 g/mol. The molecule has 1 N–H and O–H groups in total. The normalized spacial score (nSPS) is 11.0. The first-order chi connectivity index (χ1) is 21.7. The Kier molecular flexibility index (Phi) is 11.2. The third-order valence-electron chi connectivity index (χ3n) is 7.02. The van der Waals surface area contributed by atoms with E-state index in [1.807, 2.05) is 48.5 Å². The van der Waals surface area contributed by atoms with E-state index in [0.717, 1.165) is 11.1 Å². The van der Waals surface area contributed by atoms with E-state index in [-0.39, 0.29) is 47.4 Å². The van der Waals surface area contributed by atoms with Crippen molar-refractivity contribution in [2.75, 3.05) is 28.4 Å². The molecule has 0 spiro atoms. The Bertz CT molecular complexity index is 1580. The third kappa shape index (κ3) is 8.65. The first-order valence-electron chi connectivity index (χ1n) is 14.1. The van der Waals surface area contributed by atoms with Crippen molar-refractivity contribution < 1.29 is 47.0 Å². The predicted molar refractivity (Wildman–Crippen MR) is 168 cm³/mol. The second kappa shape index (κ2) is 15.3. The lowest BCUT2D eigenvalue weighted by atomic mass is 10.0. The van der Waals surface area contributed by atoms with Gasteiger partial charge in [0.05, 0.1) is 39.6 Å². The monoisotopic (exact) mass is 634 g/mol. The summed E-state index contributed by atoms with van der Waals surface area (Å²) in [6.07, 6.45) is 1.30. The van der Waals surface area contributed by atoms with Gasteiger partial charge in [-0.05, 0) is 60.4 Å². The minimum absolute atomic E-state index is 0.0472. The molecular formula is C34H35O10P. The van der Waals surface area contributed by atoms with Crippen molar-refractivity contribution in [2.45, 2.75) is 25.7 Å². The molecule has 0 saturated heterocycles. The van der Waals surface area contributed by atoms with Gasteiger partial charge in [-0.25, -0.2) is 4.57 Å². The number of rotatable bonds is 16. The summed E-state index contributed by atoms with van der Waals surface area (Å²) in [5.74, 6) is 1.29. The molecule has 4 rings (SSSR count). The SMILES string of the molecule is COc1ccccc1CCC(=O)c1ccc(OP(=O)(O)Oc2ccc(C(=O)CCc3ccccc3OC)c(OC)c2)cc1OC. The van der Waals surface area contributed by atoms with Crippen LogP contribution in [0.15, 0.2) is 84.9 Å². The van der Waals surface area contributed by atoms with Gasteiger partial charge in [-0.1, -0.05) is 36.4 Å². The van der Waals surface area contributed by atoms with E-state index in [4.69, 9.17) is 28.0 Å². The molecule has 0 aromatic heterocycles. The number of carbonyl (C=O) groups is 2.